The largest absolute Gasteiger partial charge is 0.493 e. The number of hydrogen-bond acceptors (Lipinski definition) is 5. The second-order valence-electron chi connectivity index (χ2n) is 3.59. The van der Waals surface area contributed by atoms with E-state index in [4.69, 9.17) is 9.47 Å². The average Bonchev–Trinajstić information content (AvgIpc) is 2.42. The molecule has 5 heteroatoms. The number of methoxy groups -OCH3 is 2. The predicted molar refractivity (Wildman–Crippen MR) is 79.3 cm³/mol. The Balaban J connectivity index is 3.13. The molecule has 19 heavy (non-hydrogen) atoms. The van der Waals surface area contributed by atoms with Crippen molar-refractivity contribution in [2.75, 3.05) is 14.2 Å². The van der Waals surface area contributed by atoms with Gasteiger partial charge >= 0.3 is 0 Å². The van der Waals surface area contributed by atoms with Gasteiger partial charge in [-0.05, 0) is 24.6 Å². The van der Waals surface area contributed by atoms with Gasteiger partial charge in [0.05, 0.1) is 25.3 Å². The van der Waals surface area contributed by atoms with E-state index >= 15 is 0 Å². The van der Waals surface area contributed by atoms with Gasteiger partial charge in [-0.1, -0.05) is 18.3 Å². The highest BCUT2D eigenvalue weighted by Crippen LogP contribution is 2.32. The SMILES string of the molecule is C=C(C)C(=Nc1ccc(OC)c(OC)c1)SC=C=O. The number of aliphatic imine (C=N–C) groups is 1. The monoisotopic (exact) mass is 277 g/mol. The Hall–Kier alpha value is -1.97. The molecule has 0 aliphatic heterocycles. The van der Waals surface area contributed by atoms with Crippen molar-refractivity contribution >= 4 is 28.4 Å². The van der Waals surface area contributed by atoms with Crippen molar-refractivity contribution in [3.8, 4) is 11.5 Å². The van der Waals surface area contributed by atoms with Crippen LogP contribution in [-0.4, -0.2) is 25.2 Å². The second kappa shape index (κ2) is 7.46. The Kier molecular flexibility index (Phi) is 5.93. The molecule has 0 spiro atoms. The van der Waals surface area contributed by atoms with Gasteiger partial charge in [0.25, 0.3) is 0 Å². The fourth-order valence-corrected chi connectivity index (χ4v) is 1.83. The third-order valence-corrected chi connectivity index (χ3v) is 3.06. The molecule has 0 unspecified atom stereocenters. The van der Waals surface area contributed by atoms with Crippen LogP contribution in [0.2, 0.25) is 0 Å². The summed E-state index contributed by atoms with van der Waals surface area (Å²) < 4.78 is 10.4. The summed E-state index contributed by atoms with van der Waals surface area (Å²) in [6.07, 6.45) is 0. The lowest BCUT2D eigenvalue weighted by Crippen LogP contribution is -1.92. The molecule has 1 aromatic rings. The molecule has 0 radical (unpaired) electrons. The molecule has 0 bridgehead atoms. The molecule has 0 N–H and O–H groups in total. The first-order valence-electron chi connectivity index (χ1n) is 5.45. The fourth-order valence-electron chi connectivity index (χ4n) is 1.31. The molecule has 0 fully saturated rings. The molecule has 0 saturated carbocycles. The number of rotatable bonds is 5. The van der Waals surface area contributed by atoms with Crippen LogP contribution in [0.4, 0.5) is 5.69 Å². The van der Waals surface area contributed by atoms with Gasteiger partial charge < -0.3 is 9.47 Å². The van der Waals surface area contributed by atoms with Crippen LogP contribution < -0.4 is 9.47 Å². The second-order valence-corrected chi connectivity index (χ2v) is 4.45. The summed E-state index contributed by atoms with van der Waals surface area (Å²) in [4.78, 5) is 14.7. The van der Waals surface area contributed by atoms with Crippen LogP contribution in [0.15, 0.2) is 40.8 Å². The van der Waals surface area contributed by atoms with Gasteiger partial charge in [-0.2, -0.15) is 0 Å². The van der Waals surface area contributed by atoms with E-state index in [9.17, 15) is 4.79 Å². The van der Waals surface area contributed by atoms with E-state index in [-0.39, 0.29) is 0 Å². The normalized spacial score (nSPS) is 10.6. The third kappa shape index (κ3) is 4.32. The van der Waals surface area contributed by atoms with Gasteiger partial charge in [-0.25, -0.2) is 9.79 Å². The quantitative estimate of drug-likeness (QED) is 0.470. The molecule has 0 amide bonds. The van der Waals surface area contributed by atoms with E-state index in [2.05, 4.69) is 11.6 Å². The number of thioether (sulfide) groups is 1. The zero-order valence-corrected chi connectivity index (χ0v) is 11.9. The summed E-state index contributed by atoms with van der Waals surface area (Å²) in [6.45, 7) is 5.65. The van der Waals surface area contributed by atoms with E-state index in [1.807, 2.05) is 6.92 Å². The first-order chi connectivity index (χ1) is 9.12. The lowest BCUT2D eigenvalue weighted by Gasteiger charge is -2.08. The molecular formula is C14H15NO3S. The number of benzene rings is 1. The van der Waals surface area contributed by atoms with E-state index < -0.39 is 0 Å². The van der Waals surface area contributed by atoms with Crippen molar-refractivity contribution in [3.05, 3.63) is 35.8 Å². The number of hydrogen-bond donors (Lipinski definition) is 0. The number of nitrogens with zero attached hydrogens (tertiary/aromatic N) is 1. The molecule has 0 aromatic heterocycles. The summed E-state index contributed by atoms with van der Waals surface area (Å²) >= 11 is 1.18. The highest BCUT2D eigenvalue weighted by atomic mass is 32.2. The highest BCUT2D eigenvalue weighted by Gasteiger charge is 2.06. The van der Waals surface area contributed by atoms with Crippen LogP contribution in [0.5, 0.6) is 11.5 Å². The lowest BCUT2D eigenvalue weighted by atomic mass is 10.3. The van der Waals surface area contributed by atoms with Crippen LogP contribution in [0.3, 0.4) is 0 Å². The van der Waals surface area contributed by atoms with Gasteiger partial charge in [0.1, 0.15) is 11.0 Å². The Labute approximate surface area is 116 Å². The van der Waals surface area contributed by atoms with E-state index in [0.29, 0.717) is 22.2 Å². The molecule has 0 atom stereocenters. The Morgan fingerprint density at radius 2 is 2.05 bits per heavy atom. The predicted octanol–water partition coefficient (Wildman–Crippen LogP) is 3.39. The van der Waals surface area contributed by atoms with Crippen molar-refractivity contribution in [3.63, 3.8) is 0 Å². The van der Waals surface area contributed by atoms with Crippen LogP contribution in [0.1, 0.15) is 6.92 Å². The molecule has 0 aliphatic rings. The summed E-state index contributed by atoms with van der Waals surface area (Å²) in [7, 11) is 3.14. The molecule has 0 saturated heterocycles. The Bertz CT molecular complexity index is 546. The van der Waals surface area contributed by atoms with Crippen molar-refractivity contribution in [2.45, 2.75) is 6.92 Å². The van der Waals surface area contributed by atoms with Crippen LogP contribution in [-0.2, 0) is 4.79 Å². The van der Waals surface area contributed by atoms with Gasteiger partial charge in [0.2, 0.25) is 0 Å². The minimum absolute atomic E-state index is 0.598. The lowest BCUT2D eigenvalue weighted by molar-refractivity contribution is 0.355. The third-order valence-electron chi connectivity index (χ3n) is 2.18. The van der Waals surface area contributed by atoms with Gasteiger partial charge in [0, 0.05) is 6.07 Å². The maximum absolute atomic E-state index is 10.2. The van der Waals surface area contributed by atoms with Crippen molar-refractivity contribution in [1.29, 1.82) is 0 Å². The molecule has 0 heterocycles. The summed E-state index contributed by atoms with van der Waals surface area (Å²) in [5, 5.41) is 1.95. The number of ether oxygens (including phenoxy) is 2. The van der Waals surface area contributed by atoms with Gasteiger partial charge in [-0.15, -0.1) is 0 Å². The van der Waals surface area contributed by atoms with Crippen molar-refractivity contribution in [2.24, 2.45) is 4.99 Å². The maximum Gasteiger partial charge on any atom is 0.162 e. The minimum atomic E-state index is 0.598. The van der Waals surface area contributed by atoms with Gasteiger partial charge in [-0.3, -0.25) is 0 Å². The van der Waals surface area contributed by atoms with Crippen molar-refractivity contribution < 1.29 is 14.3 Å². The first kappa shape index (κ1) is 15.1. The minimum Gasteiger partial charge on any atom is -0.493 e. The fraction of sp³-hybridized carbons (Fsp3) is 0.214. The van der Waals surface area contributed by atoms with Gasteiger partial charge in [0.15, 0.2) is 11.5 Å². The highest BCUT2D eigenvalue weighted by molar-refractivity contribution is 8.17. The molecule has 4 nitrogen and oxygen atoms in total. The van der Waals surface area contributed by atoms with Crippen LogP contribution in [0, 0.1) is 0 Å². The van der Waals surface area contributed by atoms with Crippen LogP contribution >= 0.6 is 11.8 Å². The topological polar surface area (TPSA) is 47.9 Å². The summed E-state index contributed by atoms with van der Waals surface area (Å²) in [6, 6.07) is 5.33. The first-order valence-corrected chi connectivity index (χ1v) is 6.33. The molecule has 1 aromatic carbocycles. The van der Waals surface area contributed by atoms with Crippen molar-refractivity contribution in [1.82, 2.24) is 0 Å². The molecule has 100 valence electrons. The zero-order chi connectivity index (χ0) is 14.3. The zero-order valence-electron chi connectivity index (χ0n) is 11.1. The smallest absolute Gasteiger partial charge is 0.162 e. The Morgan fingerprint density at radius 3 is 2.58 bits per heavy atom. The average molecular weight is 277 g/mol. The van der Waals surface area contributed by atoms with E-state index in [1.54, 1.807) is 38.4 Å². The van der Waals surface area contributed by atoms with E-state index in [1.165, 1.54) is 17.2 Å². The standard InChI is InChI=1S/C14H15NO3S/c1-10(2)14(19-8-7-16)15-11-5-6-12(17-3)13(9-11)18-4/h5-6,8-9H,1H2,2-4H3. The van der Waals surface area contributed by atoms with Crippen LogP contribution in [0.25, 0.3) is 0 Å². The molecule has 1 rings (SSSR count). The van der Waals surface area contributed by atoms with E-state index in [0.717, 1.165) is 5.57 Å². The molecule has 0 aliphatic carbocycles. The number of carbonyl (C=O) groups excluding carboxylic acids is 1. The maximum atomic E-state index is 10.2. The summed E-state index contributed by atoms with van der Waals surface area (Å²) in [5.74, 6) is 2.94. The molecular weight excluding hydrogens is 262 g/mol. The summed E-state index contributed by atoms with van der Waals surface area (Å²) in [5.41, 5.74) is 1.47. The Morgan fingerprint density at radius 1 is 1.37 bits per heavy atom.